The van der Waals surface area contributed by atoms with Gasteiger partial charge in [-0.2, -0.15) is 4.79 Å². The molecule has 5 nitrogen and oxygen atoms in total. The summed E-state index contributed by atoms with van der Waals surface area (Å²) in [5.74, 6) is -0.521. The molecule has 0 bridgehead atoms. The van der Waals surface area contributed by atoms with Crippen LogP contribution in [0.3, 0.4) is 0 Å². The highest BCUT2D eigenvalue weighted by Gasteiger charge is 2.12. The molecule has 1 amide bonds. The predicted octanol–water partition coefficient (Wildman–Crippen LogP) is 1.39. The number of nitrogens with zero attached hydrogens (tertiary/aromatic N) is 3. The average Bonchev–Trinajstić information content (AvgIpc) is 2.36. The zero-order valence-corrected chi connectivity index (χ0v) is 9.48. The summed E-state index contributed by atoms with van der Waals surface area (Å²) in [5.41, 5.74) is 9.27. The Balaban J connectivity index is 2.56. The highest BCUT2D eigenvalue weighted by atomic mass is 16.7. The average molecular weight is 231 g/mol. The van der Waals surface area contributed by atoms with E-state index in [0.29, 0.717) is 0 Å². The van der Waals surface area contributed by atoms with Crippen molar-refractivity contribution in [3.05, 3.63) is 47.5 Å². The fourth-order valence-corrected chi connectivity index (χ4v) is 1.22. The molecule has 0 fully saturated rings. The molecule has 88 valence electrons. The van der Waals surface area contributed by atoms with E-state index in [-0.39, 0.29) is 6.54 Å². The number of carbonyl (C=O) groups is 1. The summed E-state index contributed by atoms with van der Waals surface area (Å²) < 4.78 is 0. The third-order valence-corrected chi connectivity index (χ3v) is 2.02. The second-order valence-electron chi connectivity index (χ2n) is 3.14. The molecule has 0 atom stereocenters. The van der Waals surface area contributed by atoms with Crippen molar-refractivity contribution in [2.24, 2.45) is 0 Å². The van der Waals surface area contributed by atoms with E-state index in [2.05, 4.69) is 4.79 Å². The first-order valence-corrected chi connectivity index (χ1v) is 5.02. The minimum absolute atomic E-state index is 0.274. The molecule has 0 aliphatic carbocycles. The minimum Gasteiger partial charge on any atom is -0.361 e. The largest absolute Gasteiger partial charge is 0.361 e. The van der Waals surface area contributed by atoms with E-state index in [1.54, 1.807) is 6.08 Å². The van der Waals surface area contributed by atoms with Crippen LogP contribution in [0.1, 0.15) is 5.56 Å². The predicted molar refractivity (Wildman–Crippen MR) is 63.9 cm³/mol. The summed E-state index contributed by atoms with van der Waals surface area (Å²) in [6.07, 6.45) is 4.43. The van der Waals surface area contributed by atoms with Crippen molar-refractivity contribution in [3.8, 4) is 0 Å². The second-order valence-corrected chi connectivity index (χ2v) is 3.14. The van der Waals surface area contributed by atoms with Gasteiger partial charge in [-0.05, 0) is 5.56 Å². The topological polar surface area (TPSA) is 65.9 Å². The molecule has 0 radical (unpaired) electrons. The van der Waals surface area contributed by atoms with Crippen molar-refractivity contribution >= 4 is 18.2 Å². The summed E-state index contributed by atoms with van der Waals surface area (Å²) in [5, 5.41) is 1.07. The Morgan fingerprint density at radius 3 is 2.76 bits per heavy atom. The van der Waals surface area contributed by atoms with Crippen LogP contribution in [0.2, 0.25) is 0 Å². The number of benzene rings is 1. The molecule has 0 unspecified atom stereocenters. The maximum Gasteiger partial charge on any atom is 0.352 e. The van der Waals surface area contributed by atoms with E-state index in [1.807, 2.05) is 36.4 Å². The van der Waals surface area contributed by atoms with Gasteiger partial charge in [0.25, 0.3) is 0 Å². The fraction of sp³-hybridized carbons (Fsp3) is 0.167. The standard InChI is InChI=1S/C12H13N3O2/c1-17-15(12(16)10-14-13)9-5-8-11-6-3-2-4-7-11/h2-8,10H,9H2,1H3/b8-5+. The van der Waals surface area contributed by atoms with E-state index >= 15 is 0 Å². The van der Waals surface area contributed by atoms with Crippen LogP contribution in [-0.2, 0) is 9.63 Å². The van der Waals surface area contributed by atoms with Gasteiger partial charge in [-0.3, -0.25) is 9.63 Å². The number of carbonyl (C=O) groups excluding carboxylic acids is 1. The Kier molecular flexibility index (Phi) is 5.37. The van der Waals surface area contributed by atoms with Crippen LogP contribution in [0.25, 0.3) is 11.6 Å². The molecule has 0 saturated heterocycles. The summed E-state index contributed by atoms with van der Waals surface area (Å²) in [6, 6.07) is 9.68. The lowest BCUT2D eigenvalue weighted by molar-refractivity contribution is -0.167. The van der Waals surface area contributed by atoms with Crippen LogP contribution in [0, 0.1) is 0 Å². The van der Waals surface area contributed by atoms with E-state index in [4.69, 9.17) is 10.4 Å². The molecule has 0 aliphatic heterocycles. The van der Waals surface area contributed by atoms with Crippen LogP contribution in [0.4, 0.5) is 0 Å². The van der Waals surface area contributed by atoms with Crippen LogP contribution in [0.15, 0.2) is 36.4 Å². The summed E-state index contributed by atoms with van der Waals surface area (Å²) in [6.45, 7) is 0.274. The molecule has 5 heteroatoms. The van der Waals surface area contributed by atoms with E-state index in [1.165, 1.54) is 7.11 Å². The number of hydroxylamine groups is 2. The third-order valence-electron chi connectivity index (χ3n) is 2.02. The van der Waals surface area contributed by atoms with Crippen molar-refractivity contribution in [1.29, 1.82) is 0 Å². The van der Waals surface area contributed by atoms with E-state index in [0.717, 1.165) is 16.8 Å². The Labute approximate surface area is 99.5 Å². The Hall–Kier alpha value is -2.23. The van der Waals surface area contributed by atoms with Gasteiger partial charge in [0.1, 0.15) is 0 Å². The van der Waals surface area contributed by atoms with Crippen LogP contribution in [0.5, 0.6) is 0 Å². The maximum absolute atomic E-state index is 11.3. The van der Waals surface area contributed by atoms with Gasteiger partial charge in [0.2, 0.25) is 0 Å². The number of rotatable bonds is 5. The first-order chi connectivity index (χ1) is 8.27. The quantitative estimate of drug-likeness (QED) is 0.332. The third kappa shape index (κ3) is 4.42. The Bertz CT molecular complexity index is 436. The van der Waals surface area contributed by atoms with Crippen LogP contribution >= 0.6 is 0 Å². The number of amides is 1. The SMILES string of the molecule is CON(C/C=C/c1ccccc1)C(=O)C=[N+]=[N-]. The molecule has 1 aromatic rings. The van der Waals surface area contributed by atoms with Gasteiger partial charge < -0.3 is 5.53 Å². The molecule has 0 saturated carbocycles. The van der Waals surface area contributed by atoms with Crippen molar-refractivity contribution in [2.45, 2.75) is 0 Å². The smallest absolute Gasteiger partial charge is 0.352 e. The molecule has 17 heavy (non-hydrogen) atoms. The van der Waals surface area contributed by atoms with Crippen LogP contribution < -0.4 is 0 Å². The number of hydrogen-bond acceptors (Lipinski definition) is 2. The molecule has 0 aliphatic rings. The maximum atomic E-state index is 11.3. The second kappa shape index (κ2) is 7.11. The highest BCUT2D eigenvalue weighted by molar-refractivity contribution is 6.23. The van der Waals surface area contributed by atoms with E-state index < -0.39 is 5.91 Å². The lowest BCUT2D eigenvalue weighted by Gasteiger charge is -2.12. The van der Waals surface area contributed by atoms with Crippen molar-refractivity contribution < 1.29 is 14.4 Å². The minimum atomic E-state index is -0.521. The lowest BCUT2D eigenvalue weighted by atomic mass is 10.2. The van der Waals surface area contributed by atoms with Gasteiger partial charge in [0, 0.05) is 0 Å². The zero-order valence-electron chi connectivity index (χ0n) is 9.48. The van der Waals surface area contributed by atoms with Gasteiger partial charge >= 0.3 is 12.1 Å². The van der Waals surface area contributed by atoms with Gasteiger partial charge in [0.15, 0.2) is 0 Å². The summed E-state index contributed by atoms with van der Waals surface area (Å²) in [7, 11) is 1.37. The van der Waals surface area contributed by atoms with Crippen LogP contribution in [-0.4, -0.2) is 35.6 Å². The zero-order chi connectivity index (χ0) is 12.5. The van der Waals surface area contributed by atoms with Gasteiger partial charge in [-0.25, -0.2) is 5.06 Å². The van der Waals surface area contributed by atoms with Gasteiger partial charge in [-0.15, -0.1) is 0 Å². The fourth-order valence-electron chi connectivity index (χ4n) is 1.22. The molecule has 0 N–H and O–H groups in total. The van der Waals surface area contributed by atoms with Gasteiger partial charge in [0.05, 0.1) is 13.7 Å². The van der Waals surface area contributed by atoms with Crippen molar-refractivity contribution in [2.75, 3.05) is 13.7 Å². The molecule has 0 spiro atoms. The first kappa shape index (κ1) is 12.8. The highest BCUT2D eigenvalue weighted by Crippen LogP contribution is 2.01. The normalized spacial score (nSPS) is 9.94. The molecular formula is C12H13N3O2. The molecule has 0 aromatic heterocycles. The van der Waals surface area contributed by atoms with Gasteiger partial charge in [-0.1, -0.05) is 42.5 Å². The Morgan fingerprint density at radius 1 is 1.47 bits per heavy atom. The molecule has 1 rings (SSSR count). The first-order valence-electron chi connectivity index (χ1n) is 5.02. The lowest BCUT2D eigenvalue weighted by Crippen LogP contribution is -2.31. The number of hydrogen-bond donors (Lipinski definition) is 0. The summed E-state index contributed by atoms with van der Waals surface area (Å²) in [4.78, 5) is 18.8. The molecule has 0 heterocycles. The van der Waals surface area contributed by atoms with Crippen molar-refractivity contribution in [1.82, 2.24) is 5.06 Å². The van der Waals surface area contributed by atoms with E-state index in [9.17, 15) is 4.79 Å². The molecule has 1 aromatic carbocycles. The summed E-state index contributed by atoms with van der Waals surface area (Å²) >= 11 is 0. The molecular weight excluding hydrogens is 218 g/mol. The monoisotopic (exact) mass is 231 g/mol. The Morgan fingerprint density at radius 2 is 2.18 bits per heavy atom. The van der Waals surface area contributed by atoms with Crippen molar-refractivity contribution in [3.63, 3.8) is 0 Å².